The van der Waals surface area contributed by atoms with Gasteiger partial charge in [0.05, 0.1) is 12.7 Å². The Morgan fingerprint density at radius 1 is 1.20 bits per heavy atom. The van der Waals surface area contributed by atoms with Crippen molar-refractivity contribution >= 4 is 11.9 Å². The van der Waals surface area contributed by atoms with Crippen molar-refractivity contribution in [1.29, 1.82) is 0 Å². The van der Waals surface area contributed by atoms with E-state index in [4.69, 9.17) is 5.11 Å². The van der Waals surface area contributed by atoms with Crippen molar-refractivity contribution in [3.63, 3.8) is 0 Å². The largest absolute Gasteiger partial charge is 0.480 e. The van der Waals surface area contributed by atoms with Gasteiger partial charge in [0.2, 0.25) is 0 Å². The van der Waals surface area contributed by atoms with Gasteiger partial charge in [0.25, 0.3) is 0 Å². The lowest BCUT2D eigenvalue weighted by Gasteiger charge is -2.25. The summed E-state index contributed by atoms with van der Waals surface area (Å²) in [4.78, 5) is 22.3. The molecule has 0 aromatic heterocycles. The van der Waals surface area contributed by atoms with Crippen molar-refractivity contribution < 1.29 is 24.5 Å². The maximum atomic E-state index is 11.3. The normalized spacial score (nSPS) is 15.5. The van der Waals surface area contributed by atoms with E-state index in [2.05, 4.69) is 4.74 Å². The Bertz CT molecular complexity index is 253. The van der Waals surface area contributed by atoms with Gasteiger partial charge >= 0.3 is 11.9 Å². The number of aliphatic carboxylic acids is 1. The van der Waals surface area contributed by atoms with Crippen molar-refractivity contribution in [2.24, 2.45) is 5.41 Å². The fraction of sp³-hybridized carbons (Fsp3) is 0.800. The Kier molecular flexibility index (Phi) is 4.27. The average molecular weight is 218 g/mol. The minimum absolute atomic E-state index is 0.0402. The Hall–Kier alpha value is -1.10. The first kappa shape index (κ1) is 13.9. The number of rotatable bonds is 5. The van der Waals surface area contributed by atoms with E-state index >= 15 is 0 Å². The highest BCUT2D eigenvalue weighted by atomic mass is 16.5. The number of carboxylic acid groups (broad SMARTS) is 1. The molecule has 0 saturated carbocycles. The fourth-order valence-electron chi connectivity index (χ4n) is 1.08. The van der Waals surface area contributed by atoms with Gasteiger partial charge in [-0.05, 0) is 33.6 Å². The highest BCUT2D eigenvalue weighted by Gasteiger charge is 2.43. The summed E-state index contributed by atoms with van der Waals surface area (Å²) in [6.45, 7) is 4.42. The second-order valence-electron chi connectivity index (χ2n) is 4.44. The third-order valence-electron chi connectivity index (χ3n) is 2.34. The summed E-state index contributed by atoms with van der Waals surface area (Å²) in [6, 6.07) is 0. The van der Waals surface area contributed by atoms with Crippen LogP contribution in [0.3, 0.4) is 0 Å². The lowest BCUT2D eigenvalue weighted by atomic mass is 9.82. The van der Waals surface area contributed by atoms with E-state index in [1.54, 1.807) is 13.8 Å². The molecule has 2 N–H and O–H groups in total. The molecule has 5 heteroatoms. The third-order valence-corrected chi connectivity index (χ3v) is 2.34. The number of carboxylic acids is 1. The number of hydrogen-bond donors (Lipinski definition) is 2. The topological polar surface area (TPSA) is 83.8 Å². The van der Waals surface area contributed by atoms with E-state index in [-0.39, 0.29) is 12.8 Å². The van der Waals surface area contributed by atoms with Gasteiger partial charge in [0.1, 0.15) is 0 Å². The van der Waals surface area contributed by atoms with Crippen LogP contribution >= 0.6 is 0 Å². The molecule has 0 bridgehead atoms. The molecule has 0 aromatic rings. The summed E-state index contributed by atoms with van der Waals surface area (Å²) in [5.41, 5.74) is -2.58. The zero-order chi connectivity index (χ0) is 12.3. The van der Waals surface area contributed by atoms with Gasteiger partial charge in [-0.3, -0.25) is 9.59 Å². The Labute approximate surface area is 89.0 Å². The van der Waals surface area contributed by atoms with E-state index in [1.807, 2.05) is 0 Å². The first-order valence-corrected chi connectivity index (χ1v) is 4.67. The van der Waals surface area contributed by atoms with Gasteiger partial charge in [-0.25, -0.2) is 0 Å². The van der Waals surface area contributed by atoms with E-state index in [1.165, 1.54) is 6.92 Å². The molecule has 0 aromatic carbocycles. The molecule has 1 unspecified atom stereocenters. The minimum atomic E-state index is -1.59. The van der Waals surface area contributed by atoms with Gasteiger partial charge in [-0.15, -0.1) is 0 Å². The maximum absolute atomic E-state index is 11.3. The second kappa shape index (κ2) is 4.61. The third kappa shape index (κ3) is 3.87. The molecule has 0 aliphatic rings. The predicted molar refractivity (Wildman–Crippen MR) is 53.3 cm³/mol. The zero-order valence-electron chi connectivity index (χ0n) is 9.53. The first-order chi connectivity index (χ1) is 6.63. The van der Waals surface area contributed by atoms with Crippen molar-refractivity contribution in [2.45, 2.75) is 39.2 Å². The summed E-state index contributed by atoms with van der Waals surface area (Å²) in [7, 11) is 1.15. The van der Waals surface area contributed by atoms with E-state index in [0.29, 0.717) is 0 Å². The van der Waals surface area contributed by atoms with Gasteiger partial charge in [0, 0.05) is 0 Å². The molecular weight excluding hydrogens is 200 g/mol. The fourth-order valence-corrected chi connectivity index (χ4v) is 1.08. The number of ether oxygens (including phenoxy) is 1. The average Bonchev–Trinajstić information content (AvgIpc) is 2.11. The monoisotopic (exact) mass is 218 g/mol. The number of esters is 1. The molecule has 0 rings (SSSR count). The molecule has 15 heavy (non-hydrogen) atoms. The van der Waals surface area contributed by atoms with Crippen molar-refractivity contribution in [3.8, 4) is 0 Å². The van der Waals surface area contributed by atoms with Crippen LogP contribution in [0.4, 0.5) is 0 Å². The van der Waals surface area contributed by atoms with Crippen molar-refractivity contribution in [3.05, 3.63) is 0 Å². The van der Waals surface area contributed by atoms with Gasteiger partial charge < -0.3 is 14.9 Å². The lowest BCUT2D eigenvalue weighted by molar-refractivity contribution is -0.166. The van der Waals surface area contributed by atoms with Crippen LogP contribution in [0.15, 0.2) is 0 Å². The summed E-state index contributed by atoms with van der Waals surface area (Å²) in [6.07, 6.45) is 0.253. The van der Waals surface area contributed by atoms with Crippen LogP contribution in [-0.2, 0) is 14.3 Å². The molecule has 0 radical (unpaired) electrons. The van der Waals surface area contributed by atoms with Crippen LogP contribution in [0.25, 0.3) is 0 Å². The van der Waals surface area contributed by atoms with E-state index in [9.17, 15) is 14.7 Å². The molecule has 0 aliphatic carbocycles. The molecule has 0 heterocycles. The summed E-state index contributed by atoms with van der Waals surface area (Å²) < 4.78 is 4.44. The molecular formula is C10H18O5. The van der Waals surface area contributed by atoms with Crippen LogP contribution in [0.5, 0.6) is 0 Å². The number of carbonyl (C=O) groups excluding carboxylic acids is 1. The van der Waals surface area contributed by atoms with Crippen LogP contribution in [-0.4, -0.2) is 34.9 Å². The van der Waals surface area contributed by atoms with E-state index < -0.39 is 23.0 Å². The summed E-state index contributed by atoms with van der Waals surface area (Å²) >= 11 is 0. The zero-order valence-corrected chi connectivity index (χ0v) is 9.53. The molecule has 0 fully saturated rings. The Morgan fingerprint density at radius 2 is 1.67 bits per heavy atom. The quantitative estimate of drug-likeness (QED) is 0.526. The molecule has 88 valence electrons. The Morgan fingerprint density at radius 3 is 1.93 bits per heavy atom. The van der Waals surface area contributed by atoms with Gasteiger partial charge in [-0.1, -0.05) is 0 Å². The Balaban J connectivity index is 4.68. The highest BCUT2D eigenvalue weighted by molar-refractivity contribution is 5.98. The number of aliphatic hydroxyl groups is 1. The SMILES string of the molecule is COC(=O)C(C)(CCC(C)(C)O)C(=O)O. The van der Waals surface area contributed by atoms with Crippen molar-refractivity contribution in [1.82, 2.24) is 0 Å². The van der Waals surface area contributed by atoms with E-state index in [0.717, 1.165) is 7.11 Å². The van der Waals surface area contributed by atoms with Crippen LogP contribution in [0.1, 0.15) is 33.6 Å². The molecule has 1 atom stereocenters. The number of methoxy groups -OCH3 is 1. The molecule has 0 saturated heterocycles. The number of carbonyl (C=O) groups is 2. The second-order valence-corrected chi connectivity index (χ2v) is 4.44. The van der Waals surface area contributed by atoms with Crippen LogP contribution < -0.4 is 0 Å². The maximum Gasteiger partial charge on any atom is 0.322 e. The van der Waals surface area contributed by atoms with Gasteiger partial charge in [0.15, 0.2) is 5.41 Å². The molecule has 0 amide bonds. The first-order valence-electron chi connectivity index (χ1n) is 4.67. The molecule has 5 nitrogen and oxygen atoms in total. The predicted octanol–water partition coefficient (Wildman–Crippen LogP) is 0.801. The van der Waals surface area contributed by atoms with Gasteiger partial charge in [-0.2, -0.15) is 0 Å². The summed E-state index contributed by atoms with van der Waals surface area (Å²) in [5, 5.41) is 18.4. The lowest BCUT2D eigenvalue weighted by Crippen LogP contribution is -2.39. The standard InChI is InChI=1S/C10H18O5/c1-9(2,14)5-6-10(3,7(11)12)8(13)15-4/h14H,5-6H2,1-4H3,(H,11,12). The minimum Gasteiger partial charge on any atom is -0.480 e. The molecule has 0 spiro atoms. The molecule has 0 aliphatic heterocycles. The van der Waals surface area contributed by atoms with Crippen molar-refractivity contribution in [2.75, 3.05) is 7.11 Å². The number of hydrogen-bond acceptors (Lipinski definition) is 4. The smallest absolute Gasteiger partial charge is 0.322 e. The highest BCUT2D eigenvalue weighted by Crippen LogP contribution is 2.28. The van der Waals surface area contributed by atoms with Crippen LogP contribution in [0.2, 0.25) is 0 Å². The summed E-state index contributed by atoms with van der Waals surface area (Å²) in [5.74, 6) is -2.03. The van der Waals surface area contributed by atoms with Crippen LogP contribution in [0, 0.1) is 5.41 Å².